The van der Waals surface area contributed by atoms with Crippen molar-refractivity contribution in [3.05, 3.63) is 0 Å². The number of hydrogen-bond donors (Lipinski definition) is 2. The molecule has 11 heavy (non-hydrogen) atoms. The monoisotopic (exact) mass is 159 g/mol. The first-order valence-corrected chi connectivity index (χ1v) is 3.78. The van der Waals surface area contributed by atoms with Gasteiger partial charge in [-0.3, -0.25) is 4.79 Å². The summed E-state index contributed by atoms with van der Waals surface area (Å²) in [4.78, 5) is 11.2. The lowest BCUT2D eigenvalue weighted by Gasteiger charge is -2.25. The van der Waals surface area contributed by atoms with Crippen molar-refractivity contribution in [3.63, 3.8) is 0 Å². The minimum Gasteiger partial charge on any atom is -0.388 e. The van der Waals surface area contributed by atoms with E-state index in [1.165, 1.54) is 13.8 Å². The lowest BCUT2D eigenvalue weighted by atomic mass is 9.90. The van der Waals surface area contributed by atoms with Gasteiger partial charge in [-0.05, 0) is 13.8 Å². The van der Waals surface area contributed by atoms with Crippen LogP contribution in [0.25, 0.3) is 0 Å². The van der Waals surface area contributed by atoms with E-state index in [4.69, 9.17) is 5.73 Å². The van der Waals surface area contributed by atoms with Crippen LogP contribution in [0.2, 0.25) is 0 Å². The van der Waals surface area contributed by atoms with Gasteiger partial charge < -0.3 is 10.8 Å². The largest absolute Gasteiger partial charge is 0.388 e. The second-order valence-electron chi connectivity index (χ2n) is 3.69. The van der Waals surface area contributed by atoms with Gasteiger partial charge in [0.05, 0.1) is 11.6 Å². The van der Waals surface area contributed by atoms with Crippen LogP contribution in [0.1, 0.15) is 27.7 Å². The number of carbonyl (C=O) groups is 1. The van der Waals surface area contributed by atoms with Gasteiger partial charge in [0.1, 0.15) is 0 Å². The van der Waals surface area contributed by atoms with Crippen LogP contribution in [0, 0.1) is 5.92 Å². The molecule has 3 nitrogen and oxygen atoms in total. The fraction of sp³-hybridized carbons (Fsp3) is 0.875. The van der Waals surface area contributed by atoms with Crippen molar-refractivity contribution in [2.75, 3.05) is 0 Å². The van der Waals surface area contributed by atoms with Crippen LogP contribution in [0.4, 0.5) is 0 Å². The van der Waals surface area contributed by atoms with E-state index < -0.39 is 11.6 Å². The van der Waals surface area contributed by atoms with Gasteiger partial charge in [-0.25, -0.2) is 0 Å². The molecule has 0 aromatic rings. The summed E-state index contributed by atoms with van der Waals surface area (Å²) in [5.41, 5.74) is 4.39. The van der Waals surface area contributed by atoms with Crippen molar-refractivity contribution in [3.8, 4) is 0 Å². The number of carbonyl (C=O) groups excluding carboxylic acids is 1. The molecule has 0 rings (SSSR count). The molecule has 0 aliphatic carbocycles. The second-order valence-corrected chi connectivity index (χ2v) is 3.69. The highest BCUT2D eigenvalue weighted by molar-refractivity contribution is 5.86. The van der Waals surface area contributed by atoms with Crippen molar-refractivity contribution in [2.45, 2.75) is 39.3 Å². The van der Waals surface area contributed by atoms with Gasteiger partial charge in [-0.2, -0.15) is 0 Å². The van der Waals surface area contributed by atoms with Crippen LogP contribution in [-0.4, -0.2) is 22.5 Å². The van der Waals surface area contributed by atoms with Crippen molar-refractivity contribution >= 4 is 5.78 Å². The first-order chi connectivity index (χ1) is 4.76. The number of ketones is 1. The van der Waals surface area contributed by atoms with Gasteiger partial charge in [0, 0.05) is 5.92 Å². The third kappa shape index (κ3) is 2.99. The Morgan fingerprint density at radius 3 is 1.91 bits per heavy atom. The normalized spacial score (nSPS) is 15.2. The van der Waals surface area contributed by atoms with Crippen molar-refractivity contribution in [1.82, 2.24) is 0 Å². The third-order valence-electron chi connectivity index (χ3n) is 1.64. The Morgan fingerprint density at radius 2 is 1.82 bits per heavy atom. The summed E-state index contributed by atoms with van der Waals surface area (Å²) in [6.45, 7) is 6.62. The maximum atomic E-state index is 11.2. The van der Waals surface area contributed by atoms with Crippen LogP contribution >= 0.6 is 0 Å². The summed E-state index contributed by atoms with van der Waals surface area (Å²) in [6, 6.07) is -0.775. The molecule has 0 aromatic heterocycles. The average Bonchev–Trinajstić information content (AvgIpc) is 1.82. The Hall–Kier alpha value is -0.410. The zero-order valence-electron chi connectivity index (χ0n) is 7.59. The van der Waals surface area contributed by atoms with Crippen LogP contribution in [-0.2, 0) is 4.79 Å². The first-order valence-electron chi connectivity index (χ1n) is 3.78. The molecule has 0 heterocycles. The molecule has 0 aliphatic rings. The van der Waals surface area contributed by atoms with Crippen LogP contribution in [0.5, 0.6) is 0 Å². The maximum Gasteiger partial charge on any atom is 0.154 e. The van der Waals surface area contributed by atoms with Crippen LogP contribution in [0.15, 0.2) is 0 Å². The molecule has 0 spiro atoms. The minimum absolute atomic E-state index is 0.0995. The Kier molecular flexibility index (Phi) is 3.20. The number of aliphatic hydroxyl groups is 1. The summed E-state index contributed by atoms with van der Waals surface area (Å²) in [7, 11) is 0. The molecule has 0 aromatic carbocycles. The highest BCUT2D eigenvalue weighted by atomic mass is 16.3. The molecule has 66 valence electrons. The zero-order valence-corrected chi connectivity index (χ0v) is 7.59. The maximum absolute atomic E-state index is 11.2. The zero-order chi connectivity index (χ0) is 9.23. The van der Waals surface area contributed by atoms with Crippen molar-refractivity contribution in [1.29, 1.82) is 0 Å². The molecule has 0 radical (unpaired) electrons. The van der Waals surface area contributed by atoms with Gasteiger partial charge in [-0.1, -0.05) is 13.8 Å². The standard InChI is InChI=1S/C8H17NO2/c1-5(2)6(10)7(9)8(3,4)11/h5,7,11H,9H2,1-4H3/t7-/m1/s1. The van der Waals surface area contributed by atoms with E-state index in [0.717, 1.165) is 0 Å². The highest BCUT2D eigenvalue weighted by Crippen LogP contribution is 2.10. The molecule has 0 aliphatic heterocycles. The molecule has 0 bridgehead atoms. The van der Waals surface area contributed by atoms with Gasteiger partial charge in [0.25, 0.3) is 0 Å². The minimum atomic E-state index is -1.11. The van der Waals surface area contributed by atoms with Gasteiger partial charge in [-0.15, -0.1) is 0 Å². The van der Waals surface area contributed by atoms with E-state index in [2.05, 4.69) is 0 Å². The highest BCUT2D eigenvalue weighted by Gasteiger charge is 2.30. The topological polar surface area (TPSA) is 63.3 Å². The quantitative estimate of drug-likeness (QED) is 0.623. The van der Waals surface area contributed by atoms with Crippen LogP contribution < -0.4 is 5.73 Å². The fourth-order valence-corrected chi connectivity index (χ4v) is 0.707. The molecule has 0 saturated carbocycles. The first kappa shape index (κ1) is 10.6. The van der Waals surface area contributed by atoms with Crippen molar-refractivity contribution < 1.29 is 9.90 Å². The number of nitrogens with two attached hydrogens (primary N) is 1. The molecule has 0 unspecified atom stereocenters. The molecular weight excluding hydrogens is 142 g/mol. The molecule has 1 atom stereocenters. The average molecular weight is 159 g/mol. The van der Waals surface area contributed by atoms with Gasteiger partial charge in [0.15, 0.2) is 5.78 Å². The molecular formula is C8H17NO2. The van der Waals surface area contributed by atoms with E-state index in [0.29, 0.717) is 0 Å². The van der Waals surface area contributed by atoms with E-state index in [1.807, 2.05) is 0 Å². The molecule has 3 heteroatoms. The Bertz CT molecular complexity index is 147. The SMILES string of the molecule is CC(C)C(=O)[C@@H](N)C(C)(C)O. The van der Waals surface area contributed by atoms with E-state index in [1.54, 1.807) is 13.8 Å². The van der Waals surface area contributed by atoms with Gasteiger partial charge in [0.2, 0.25) is 0 Å². The fourth-order valence-electron chi connectivity index (χ4n) is 0.707. The smallest absolute Gasteiger partial charge is 0.154 e. The lowest BCUT2D eigenvalue weighted by molar-refractivity contribution is -0.128. The Balaban J connectivity index is 4.26. The summed E-state index contributed by atoms with van der Waals surface area (Å²) in [5, 5.41) is 9.36. The molecule has 0 saturated heterocycles. The summed E-state index contributed by atoms with van der Waals surface area (Å²) in [6.07, 6.45) is 0. The van der Waals surface area contributed by atoms with E-state index in [9.17, 15) is 9.90 Å². The second kappa shape index (κ2) is 3.32. The lowest BCUT2D eigenvalue weighted by Crippen LogP contribution is -2.50. The molecule has 3 N–H and O–H groups in total. The number of rotatable bonds is 3. The number of hydrogen-bond acceptors (Lipinski definition) is 3. The molecule has 0 amide bonds. The molecule has 0 fully saturated rings. The Morgan fingerprint density at radius 1 is 1.45 bits per heavy atom. The van der Waals surface area contributed by atoms with Gasteiger partial charge >= 0.3 is 0 Å². The predicted molar refractivity (Wildman–Crippen MR) is 44.1 cm³/mol. The van der Waals surface area contributed by atoms with Crippen molar-refractivity contribution in [2.24, 2.45) is 11.7 Å². The van der Waals surface area contributed by atoms with E-state index in [-0.39, 0.29) is 11.7 Å². The summed E-state index contributed by atoms with van der Waals surface area (Å²) in [5.74, 6) is -0.214. The predicted octanol–water partition coefficient (Wildman–Crippen LogP) is 0.310. The number of Topliss-reactive ketones (excluding diaryl/α,β-unsaturated/α-hetero) is 1. The summed E-state index contributed by atoms with van der Waals surface area (Å²) >= 11 is 0. The van der Waals surface area contributed by atoms with Crippen LogP contribution in [0.3, 0.4) is 0 Å². The third-order valence-corrected chi connectivity index (χ3v) is 1.64. The van der Waals surface area contributed by atoms with E-state index >= 15 is 0 Å². The summed E-state index contributed by atoms with van der Waals surface area (Å²) < 4.78 is 0. The Labute approximate surface area is 67.6 Å².